The minimum absolute atomic E-state index is 0.166. The Morgan fingerprint density at radius 3 is 2.53 bits per heavy atom. The van der Waals surface area contributed by atoms with Gasteiger partial charge in [-0.25, -0.2) is 4.79 Å². The van der Waals surface area contributed by atoms with Crippen LogP contribution in [0.2, 0.25) is 0 Å². The first kappa shape index (κ1) is 21.4. The lowest BCUT2D eigenvalue weighted by Crippen LogP contribution is -2.39. The van der Waals surface area contributed by atoms with Gasteiger partial charge < -0.3 is 14.6 Å². The van der Waals surface area contributed by atoms with Crippen molar-refractivity contribution in [2.45, 2.75) is 39.2 Å². The van der Waals surface area contributed by atoms with E-state index in [0.717, 1.165) is 35.2 Å². The summed E-state index contributed by atoms with van der Waals surface area (Å²) >= 11 is 0. The Kier molecular flexibility index (Phi) is 6.15. The van der Waals surface area contributed by atoms with Crippen LogP contribution >= 0.6 is 0 Å². The molecule has 0 unspecified atom stereocenters. The molecule has 158 valence electrons. The van der Waals surface area contributed by atoms with Crippen molar-refractivity contribution >= 4 is 30.2 Å². The van der Waals surface area contributed by atoms with Crippen molar-refractivity contribution < 1.29 is 24.2 Å². The van der Waals surface area contributed by atoms with Crippen LogP contribution in [-0.4, -0.2) is 36.7 Å². The van der Waals surface area contributed by atoms with Crippen LogP contribution in [0.3, 0.4) is 0 Å². The molecule has 0 fully saturated rings. The summed E-state index contributed by atoms with van der Waals surface area (Å²) in [6.45, 7) is 6.22. The molecule has 1 aliphatic rings. The topological polar surface area (TPSA) is 76.1 Å². The zero-order chi connectivity index (χ0) is 21.9. The zero-order valence-corrected chi connectivity index (χ0v) is 17.8. The van der Waals surface area contributed by atoms with Crippen LogP contribution in [-0.2, 0) is 11.2 Å². The molecule has 1 heterocycles. The van der Waals surface area contributed by atoms with E-state index >= 15 is 0 Å². The fourth-order valence-corrected chi connectivity index (χ4v) is 3.41. The summed E-state index contributed by atoms with van der Waals surface area (Å²) in [6.07, 6.45) is 5.80. The minimum Gasteiger partial charge on any atom is -0.504 e. The van der Waals surface area contributed by atoms with Crippen molar-refractivity contribution in [2.75, 3.05) is 18.6 Å². The Hall–Kier alpha value is -3.28. The molecule has 1 N–H and O–H groups in total. The molecule has 2 aromatic rings. The van der Waals surface area contributed by atoms with Crippen molar-refractivity contribution in [3.8, 4) is 11.5 Å². The summed E-state index contributed by atoms with van der Waals surface area (Å²) in [4.78, 5) is 25.4. The van der Waals surface area contributed by atoms with Crippen LogP contribution in [0, 0.1) is 0 Å². The fourth-order valence-electron chi connectivity index (χ4n) is 3.41. The van der Waals surface area contributed by atoms with Crippen molar-refractivity contribution in [1.29, 1.82) is 0 Å². The number of anilines is 1. The summed E-state index contributed by atoms with van der Waals surface area (Å²) in [5.74, 6) is 0.0818. The second-order valence-electron chi connectivity index (χ2n) is 8.24. The molecule has 1 aliphatic heterocycles. The number of benzene rings is 2. The van der Waals surface area contributed by atoms with Gasteiger partial charge in [0.05, 0.1) is 18.4 Å². The molecule has 3 rings (SSSR count). The van der Waals surface area contributed by atoms with E-state index in [1.807, 2.05) is 45.1 Å². The Labute approximate surface area is 176 Å². The van der Waals surface area contributed by atoms with E-state index in [1.165, 1.54) is 7.11 Å². The summed E-state index contributed by atoms with van der Waals surface area (Å²) in [7, 11) is 1.44. The van der Waals surface area contributed by atoms with Gasteiger partial charge in [-0.15, -0.1) is 0 Å². The highest BCUT2D eigenvalue weighted by Crippen LogP contribution is 2.32. The molecule has 0 bridgehead atoms. The first-order chi connectivity index (χ1) is 14.2. The Bertz CT molecular complexity index is 988. The number of methoxy groups -OCH3 is 1. The van der Waals surface area contributed by atoms with Gasteiger partial charge in [0.25, 0.3) is 0 Å². The van der Waals surface area contributed by atoms with Crippen molar-refractivity contribution in [1.82, 2.24) is 0 Å². The molecule has 0 saturated carbocycles. The Balaban J connectivity index is 1.85. The van der Waals surface area contributed by atoms with E-state index in [2.05, 4.69) is 6.07 Å². The summed E-state index contributed by atoms with van der Waals surface area (Å²) in [5, 5.41) is 9.95. The number of nitrogens with zero attached hydrogens (tertiary/aromatic N) is 1. The largest absolute Gasteiger partial charge is 0.504 e. The number of ether oxygens (including phenoxy) is 2. The molecule has 6 nitrogen and oxygen atoms in total. The first-order valence-corrected chi connectivity index (χ1v) is 9.89. The zero-order valence-electron chi connectivity index (χ0n) is 17.8. The molecule has 0 atom stereocenters. The molecule has 2 aromatic carbocycles. The van der Waals surface area contributed by atoms with Crippen LogP contribution in [0.15, 0.2) is 30.3 Å². The highest BCUT2D eigenvalue weighted by molar-refractivity contribution is 5.90. The lowest BCUT2D eigenvalue weighted by Gasteiger charge is -2.31. The van der Waals surface area contributed by atoms with Gasteiger partial charge in [0.15, 0.2) is 17.8 Å². The number of carbonyl (C=O) groups excluding carboxylic acids is 2. The summed E-state index contributed by atoms with van der Waals surface area (Å²) in [5.41, 5.74) is 3.31. The number of aromatic hydroxyl groups is 1. The van der Waals surface area contributed by atoms with E-state index in [4.69, 9.17) is 9.47 Å². The fraction of sp³-hybridized carbons (Fsp3) is 0.333. The van der Waals surface area contributed by atoms with Gasteiger partial charge in [-0.1, -0.05) is 18.2 Å². The normalized spacial score (nSPS) is 13.8. The number of fused-ring (bicyclic) bond motifs is 1. The maximum atomic E-state index is 12.5. The van der Waals surface area contributed by atoms with E-state index < -0.39 is 5.60 Å². The average Bonchev–Trinajstić information content (AvgIpc) is 2.71. The SMILES string of the molecule is COc1cc(/C=C/c2ccc3c(c2)CCCN3C(=O)OC(C)(C)C)cc(C=O)c1O. The highest BCUT2D eigenvalue weighted by atomic mass is 16.6. The molecular weight excluding hydrogens is 382 g/mol. The molecule has 6 heteroatoms. The predicted octanol–water partition coefficient (Wildman–Crippen LogP) is 5.07. The highest BCUT2D eigenvalue weighted by Gasteiger charge is 2.27. The molecule has 0 aliphatic carbocycles. The number of phenolic OH excluding ortho intramolecular Hbond substituents is 1. The quantitative estimate of drug-likeness (QED) is 0.563. The number of hydrogen-bond donors (Lipinski definition) is 1. The number of phenols is 1. The van der Waals surface area contributed by atoms with E-state index in [1.54, 1.807) is 17.0 Å². The summed E-state index contributed by atoms with van der Waals surface area (Å²) in [6, 6.07) is 9.20. The van der Waals surface area contributed by atoms with Gasteiger partial charge in [0.1, 0.15) is 5.60 Å². The molecule has 0 aromatic heterocycles. The van der Waals surface area contributed by atoms with Crippen LogP contribution in [0.1, 0.15) is 54.2 Å². The lowest BCUT2D eigenvalue weighted by atomic mass is 9.99. The van der Waals surface area contributed by atoms with Gasteiger partial charge in [-0.05, 0) is 74.6 Å². The Morgan fingerprint density at radius 1 is 1.13 bits per heavy atom. The van der Waals surface area contributed by atoms with Crippen LogP contribution in [0.4, 0.5) is 10.5 Å². The average molecular weight is 409 g/mol. The Morgan fingerprint density at radius 2 is 1.87 bits per heavy atom. The third kappa shape index (κ3) is 4.82. The van der Waals surface area contributed by atoms with Gasteiger partial charge in [-0.2, -0.15) is 0 Å². The number of aryl methyl sites for hydroxylation is 1. The molecule has 0 saturated heterocycles. The number of hydrogen-bond acceptors (Lipinski definition) is 5. The van der Waals surface area contributed by atoms with Crippen molar-refractivity contribution in [3.63, 3.8) is 0 Å². The predicted molar refractivity (Wildman–Crippen MR) is 117 cm³/mol. The lowest BCUT2D eigenvalue weighted by molar-refractivity contribution is 0.0577. The second-order valence-corrected chi connectivity index (χ2v) is 8.24. The third-order valence-electron chi connectivity index (χ3n) is 4.78. The maximum Gasteiger partial charge on any atom is 0.414 e. The van der Waals surface area contributed by atoms with Crippen LogP contribution in [0.25, 0.3) is 12.2 Å². The minimum atomic E-state index is -0.539. The van der Waals surface area contributed by atoms with Gasteiger partial charge in [0, 0.05) is 6.54 Å². The van der Waals surface area contributed by atoms with Gasteiger partial charge >= 0.3 is 6.09 Å². The number of amides is 1. The standard InChI is InChI=1S/C24H27NO5/c1-24(2,3)30-23(28)25-11-5-6-18-12-16(9-10-20(18)25)7-8-17-13-19(15-26)22(27)21(14-17)29-4/h7-10,12-15,27H,5-6,11H2,1-4H3/b8-7+. The molecule has 0 radical (unpaired) electrons. The van der Waals surface area contributed by atoms with Gasteiger partial charge in [-0.3, -0.25) is 9.69 Å². The van der Waals surface area contributed by atoms with Crippen LogP contribution in [0.5, 0.6) is 11.5 Å². The van der Waals surface area contributed by atoms with Crippen molar-refractivity contribution in [2.24, 2.45) is 0 Å². The smallest absolute Gasteiger partial charge is 0.414 e. The molecule has 1 amide bonds. The van der Waals surface area contributed by atoms with Crippen LogP contribution < -0.4 is 9.64 Å². The van der Waals surface area contributed by atoms with E-state index in [-0.39, 0.29) is 23.2 Å². The van der Waals surface area contributed by atoms with Gasteiger partial charge in [0.2, 0.25) is 0 Å². The molecular formula is C24H27NO5. The van der Waals surface area contributed by atoms with Crippen molar-refractivity contribution in [3.05, 3.63) is 52.6 Å². The maximum absolute atomic E-state index is 12.5. The summed E-state index contributed by atoms with van der Waals surface area (Å²) < 4.78 is 10.7. The first-order valence-electron chi connectivity index (χ1n) is 9.89. The number of aldehydes is 1. The van der Waals surface area contributed by atoms with E-state index in [9.17, 15) is 14.7 Å². The second kappa shape index (κ2) is 8.61. The molecule has 0 spiro atoms. The third-order valence-corrected chi connectivity index (χ3v) is 4.78. The monoisotopic (exact) mass is 409 g/mol. The number of carbonyl (C=O) groups is 2. The number of rotatable bonds is 4. The molecule has 30 heavy (non-hydrogen) atoms. The van der Waals surface area contributed by atoms with E-state index in [0.29, 0.717) is 12.8 Å².